The van der Waals surface area contributed by atoms with E-state index in [4.69, 9.17) is 19.4 Å². The van der Waals surface area contributed by atoms with E-state index in [2.05, 4.69) is 161 Å². The molecule has 19 rings (SSSR count). The molecule has 290 valence electrons. The first-order valence-corrected chi connectivity index (χ1v) is 22.7. The van der Waals surface area contributed by atoms with Gasteiger partial charge in [-0.2, -0.15) is 0 Å². The van der Waals surface area contributed by atoms with Gasteiger partial charge in [0, 0.05) is 44.0 Å². The third-order valence-electron chi connectivity index (χ3n) is 16.3. The Morgan fingerprint density at radius 3 is 1.32 bits per heavy atom. The summed E-state index contributed by atoms with van der Waals surface area (Å²) < 4.78 is 13.9. The summed E-state index contributed by atoms with van der Waals surface area (Å²) in [6.07, 6.45) is 0. The van der Waals surface area contributed by atoms with E-state index in [9.17, 15) is 0 Å². The van der Waals surface area contributed by atoms with Gasteiger partial charge < -0.3 is 19.3 Å². The Morgan fingerprint density at radius 2 is 0.800 bits per heavy atom. The second kappa shape index (κ2) is 10.1. The lowest BCUT2D eigenvalue weighted by molar-refractivity contribution is 0.487. The summed E-state index contributed by atoms with van der Waals surface area (Å²) in [5.74, 6) is 3.67. The Morgan fingerprint density at radius 1 is 0.338 bits per heavy atom. The molecule has 0 aliphatic carbocycles. The van der Waals surface area contributed by atoms with E-state index >= 15 is 0 Å². The van der Waals surface area contributed by atoms with Gasteiger partial charge in [-0.1, -0.05) is 103 Å². The lowest BCUT2D eigenvalue weighted by atomic mass is 9.25. The minimum Gasteiger partial charge on any atom is -0.458 e. The quantitative estimate of drug-likeness (QED) is 0.122. The predicted octanol–water partition coefficient (Wildman–Crippen LogP) is 7.00. The first-order valence-electron chi connectivity index (χ1n) is 22.7. The van der Waals surface area contributed by atoms with Gasteiger partial charge in [-0.05, 0) is 108 Å². The summed E-state index contributed by atoms with van der Waals surface area (Å²) in [5, 5.41) is 7.27. The molecule has 8 aliphatic heterocycles. The van der Waals surface area contributed by atoms with E-state index in [0.29, 0.717) is 0 Å². The van der Waals surface area contributed by atoms with Gasteiger partial charge in [-0.25, -0.2) is 9.97 Å². The van der Waals surface area contributed by atoms with Crippen LogP contribution < -0.4 is 68.4 Å². The van der Waals surface area contributed by atoms with Crippen molar-refractivity contribution >= 4 is 147 Å². The van der Waals surface area contributed by atoms with Crippen LogP contribution in [0.5, 0.6) is 23.0 Å². The van der Waals surface area contributed by atoms with Crippen LogP contribution in [0.15, 0.2) is 152 Å². The molecule has 0 amide bonds. The molecule has 65 heavy (non-hydrogen) atoms. The average Bonchev–Trinajstić information content (AvgIpc) is 3.36. The highest BCUT2D eigenvalue weighted by atomic mass is 16.5. The van der Waals surface area contributed by atoms with Gasteiger partial charge in [0.05, 0.1) is 45.2 Å². The first-order chi connectivity index (χ1) is 32.3. The van der Waals surface area contributed by atoms with Crippen LogP contribution in [0.1, 0.15) is 0 Å². The normalized spacial score (nSPS) is 15.2. The molecule has 9 aromatic carbocycles. The number of aromatic nitrogens is 2. The first kappa shape index (κ1) is 31.5. The van der Waals surface area contributed by atoms with E-state index in [0.717, 1.165) is 56.5 Å². The van der Waals surface area contributed by atoms with Gasteiger partial charge in [-0.15, -0.1) is 0 Å². The molecule has 9 heteroatoms. The van der Waals surface area contributed by atoms with Crippen LogP contribution in [-0.2, 0) is 0 Å². The number of hydrogen-bond donors (Lipinski definition) is 0. The number of pyridine rings is 2. The second-order valence-electron chi connectivity index (χ2n) is 19.0. The molecule has 0 spiro atoms. The molecule has 0 saturated carbocycles. The monoisotopic (exact) mass is 818 g/mol. The minimum atomic E-state index is -0.0649. The number of rotatable bonds is 0. The fraction of sp³-hybridized carbons (Fsp3) is 0. The van der Waals surface area contributed by atoms with Crippen LogP contribution in [0.4, 0.5) is 34.1 Å². The molecule has 0 saturated heterocycles. The Labute approximate surface area is 371 Å². The molecule has 11 aromatic rings. The SMILES string of the molecule is c1ccc2c(c1)Oc1ccc3c4c1B2c1cc2c5c6c1N4c1c(ccc4c1c-3nc1ccccc14)B6c1ccc3c4c(nc6ccccc63)-c3ccc6c(c3N5c14)B2c1ccccc1O6. The number of para-hydroxylation sites is 4. The van der Waals surface area contributed by atoms with Gasteiger partial charge in [0.2, 0.25) is 0 Å². The number of benzene rings is 9. The van der Waals surface area contributed by atoms with Crippen molar-refractivity contribution < 1.29 is 9.47 Å². The predicted molar refractivity (Wildman–Crippen MR) is 266 cm³/mol. The molecule has 0 radical (unpaired) electrons. The number of nitrogens with zero attached hydrogens (tertiary/aromatic N) is 4. The van der Waals surface area contributed by atoms with Crippen molar-refractivity contribution in [2.45, 2.75) is 0 Å². The number of anilines is 6. The van der Waals surface area contributed by atoms with Crippen LogP contribution >= 0.6 is 0 Å². The minimum absolute atomic E-state index is 0.0635. The summed E-state index contributed by atoms with van der Waals surface area (Å²) in [5.41, 5.74) is 25.4. The Hall–Kier alpha value is -8.29. The standard InChI is InChI=1S/C56H25B3N4O2/c1-5-13-38-26(9-1)28-17-21-34-53-44(28)49(60-38)30-19-23-42-46-51(30)62(53)55-36(57(46)32-11-3-7-15-40(32)64-42)25-37-56-48(55)59(34)35-22-18-29-27-10-2-6-14-39(27)61-50-31-20-24-43-47(52(31)63(56)54(35)45(29)50)58(37)33-12-4-8-16-41(33)65-43/h1-25H. The van der Waals surface area contributed by atoms with Gasteiger partial charge in [0.25, 0.3) is 20.1 Å². The maximum absolute atomic E-state index is 6.95. The Balaban J connectivity index is 1.07. The van der Waals surface area contributed by atoms with E-state index in [-0.39, 0.29) is 20.1 Å². The molecule has 0 fully saturated rings. The highest BCUT2D eigenvalue weighted by Gasteiger charge is 2.57. The zero-order valence-corrected chi connectivity index (χ0v) is 34.3. The molecular weight excluding hydrogens is 793 g/mol. The third-order valence-corrected chi connectivity index (χ3v) is 16.3. The van der Waals surface area contributed by atoms with Gasteiger partial charge in [-0.3, -0.25) is 0 Å². The van der Waals surface area contributed by atoms with E-state index < -0.39 is 0 Å². The molecule has 8 aliphatic rings. The molecule has 0 unspecified atom stereocenters. The molecule has 0 N–H and O–H groups in total. The van der Waals surface area contributed by atoms with Gasteiger partial charge >= 0.3 is 0 Å². The largest absolute Gasteiger partial charge is 0.458 e. The van der Waals surface area contributed by atoms with Crippen molar-refractivity contribution in [1.82, 2.24) is 9.97 Å². The summed E-state index contributed by atoms with van der Waals surface area (Å²) in [6.45, 7) is -0.193. The number of fused-ring (bicyclic) bond motifs is 14. The molecular formula is C56H25B3N4O2. The fourth-order valence-corrected chi connectivity index (χ4v) is 14.1. The molecule has 0 atom stereocenters. The molecule has 0 bridgehead atoms. The maximum Gasteiger partial charge on any atom is 0.256 e. The van der Waals surface area contributed by atoms with E-state index in [1.54, 1.807) is 0 Å². The summed E-state index contributed by atoms with van der Waals surface area (Å²) >= 11 is 0. The van der Waals surface area contributed by atoms with Crippen LogP contribution in [0.2, 0.25) is 0 Å². The van der Waals surface area contributed by atoms with Crippen LogP contribution in [-0.4, -0.2) is 30.1 Å². The van der Waals surface area contributed by atoms with Crippen LogP contribution in [0.25, 0.3) is 65.9 Å². The lowest BCUT2D eigenvalue weighted by Crippen LogP contribution is -2.72. The summed E-state index contributed by atoms with van der Waals surface area (Å²) in [7, 11) is 0. The lowest BCUT2D eigenvalue weighted by Gasteiger charge is -2.54. The van der Waals surface area contributed by atoms with E-state index in [1.165, 1.54) is 116 Å². The zero-order chi connectivity index (χ0) is 41.3. The Kier molecular flexibility index (Phi) is 4.88. The zero-order valence-electron chi connectivity index (χ0n) is 34.3. The topological polar surface area (TPSA) is 50.7 Å². The highest BCUT2D eigenvalue weighted by molar-refractivity contribution is 7.07. The summed E-state index contributed by atoms with van der Waals surface area (Å²) in [6, 6.07) is 56.0. The van der Waals surface area contributed by atoms with Crippen LogP contribution in [0.3, 0.4) is 0 Å². The average molecular weight is 818 g/mol. The molecule has 10 heterocycles. The Bertz CT molecular complexity index is 4050. The van der Waals surface area contributed by atoms with Crippen molar-refractivity contribution in [3.8, 4) is 45.5 Å². The van der Waals surface area contributed by atoms with Crippen molar-refractivity contribution in [1.29, 1.82) is 0 Å². The smallest absolute Gasteiger partial charge is 0.256 e. The molecule has 2 aromatic heterocycles. The second-order valence-corrected chi connectivity index (χ2v) is 19.0. The third kappa shape index (κ3) is 3.21. The van der Waals surface area contributed by atoms with Crippen molar-refractivity contribution in [3.63, 3.8) is 0 Å². The number of ether oxygens (including phenoxy) is 2. The van der Waals surface area contributed by atoms with Crippen LogP contribution in [0, 0.1) is 0 Å². The fourth-order valence-electron chi connectivity index (χ4n) is 14.1. The molecule has 6 nitrogen and oxygen atoms in total. The van der Waals surface area contributed by atoms with Gasteiger partial charge in [0.1, 0.15) is 23.0 Å². The maximum atomic E-state index is 6.95. The van der Waals surface area contributed by atoms with Crippen molar-refractivity contribution in [3.05, 3.63) is 152 Å². The van der Waals surface area contributed by atoms with Gasteiger partial charge in [0.15, 0.2) is 0 Å². The highest BCUT2D eigenvalue weighted by Crippen LogP contribution is 2.58. The summed E-state index contributed by atoms with van der Waals surface area (Å²) in [4.78, 5) is 16.6. The van der Waals surface area contributed by atoms with Crippen molar-refractivity contribution in [2.24, 2.45) is 0 Å². The number of hydrogen-bond acceptors (Lipinski definition) is 6. The van der Waals surface area contributed by atoms with E-state index in [1.807, 2.05) is 0 Å². The van der Waals surface area contributed by atoms with Crippen molar-refractivity contribution in [2.75, 3.05) is 9.80 Å².